The zero-order valence-electron chi connectivity index (χ0n) is 14.3. The molecule has 130 valence electrons. The van der Waals surface area contributed by atoms with E-state index in [1.165, 1.54) is 0 Å². The smallest absolute Gasteiger partial charge is 0.253 e. The van der Waals surface area contributed by atoms with E-state index in [-0.39, 0.29) is 12.0 Å². The molecule has 5 heteroatoms. The Kier molecular flexibility index (Phi) is 4.76. The van der Waals surface area contributed by atoms with Gasteiger partial charge in [0, 0.05) is 50.4 Å². The molecular formula is C20H23N3O2. The number of aromatic nitrogens is 1. The van der Waals surface area contributed by atoms with Crippen molar-refractivity contribution in [1.29, 1.82) is 0 Å². The molecule has 0 saturated carbocycles. The molecule has 2 fully saturated rings. The third kappa shape index (κ3) is 3.72. The first-order valence-corrected chi connectivity index (χ1v) is 8.88. The number of rotatable bonds is 3. The topological polar surface area (TPSA) is 45.7 Å². The fourth-order valence-electron chi connectivity index (χ4n) is 3.78. The number of carbonyl (C=O) groups excluding carboxylic acids is 1. The fraction of sp³-hybridized carbons (Fsp3) is 0.400. The molecule has 5 nitrogen and oxygen atoms in total. The lowest BCUT2D eigenvalue weighted by atomic mass is 10.1. The lowest BCUT2D eigenvalue weighted by Crippen LogP contribution is -2.37. The van der Waals surface area contributed by atoms with E-state index in [4.69, 9.17) is 4.74 Å². The number of nitrogens with zero attached hydrogens (tertiary/aromatic N) is 3. The molecule has 0 aliphatic carbocycles. The molecule has 2 aliphatic heterocycles. The Balaban J connectivity index is 1.41. The Labute approximate surface area is 148 Å². The van der Waals surface area contributed by atoms with Gasteiger partial charge in [0.2, 0.25) is 0 Å². The number of amides is 1. The van der Waals surface area contributed by atoms with Crippen molar-refractivity contribution in [3.63, 3.8) is 0 Å². The Morgan fingerprint density at radius 1 is 1.08 bits per heavy atom. The molecule has 1 amide bonds. The van der Waals surface area contributed by atoms with Crippen LogP contribution in [-0.2, 0) is 11.3 Å². The van der Waals surface area contributed by atoms with Gasteiger partial charge in [-0.1, -0.05) is 24.3 Å². The molecule has 2 saturated heterocycles. The van der Waals surface area contributed by atoms with Crippen molar-refractivity contribution in [3.8, 4) is 0 Å². The molecule has 0 bridgehead atoms. The monoisotopic (exact) mass is 337 g/mol. The van der Waals surface area contributed by atoms with Gasteiger partial charge in [0.15, 0.2) is 0 Å². The van der Waals surface area contributed by atoms with Crippen LogP contribution in [0.3, 0.4) is 0 Å². The van der Waals surface area contributed by atoms with Crippen molar-refractivity contribution < 1.29 is 9.53 Å². The first-order valence-electron chi connectivity index (χ1n) is 8.88. The van der Waals surface area contributed by atoms with Crippen LogP contribution in [-0.4, -0.2) is 59.6 Å². The summed E-state index contributed by atoms with van der Waals surface area (Å²) in [6.07, 6.45) is 2.04. The van der Waals surface area contributed by atoms with Crippen LogP contribution in [0.5, 0.6) is 0 Å². The largest absolute Gasteiger partial charge is 0.375 e. The SMILES string of the molecule is O=C(c1ccccc1)N1CCO[C@@H]2CN(Cc3ccccn3)C[C@@H]2C1. The van der Waals surface area contributed by atoms with E-state index >= 15 is 0 Å². The molecule has 2 aliphatic rings. The van der Waals surface area contributed by atoms with Gasteiger partial charge in [-0.25, -0.2) is 0 Å². The minimum absolute atomic E-state index is 0.105. The van der Waals surface area contributed by atoms with Gasteiger partial charge in [0.1, 0.15) is 0 Å². The van der Waals surface area contributed by atoms with Crippen LogP contribution in [0.25, 0.3) is 0 Å². The standard InChI is InChI=1S/C20H23N3O2/c24-20(16-6-2-1-3-7-16)23-10-11-25-19-15-22(12-17(19)13-23)14-18-8-4-5-9-21-18/h1-9,17,19H,10-15H2/t17-,19-/m1/s1. The molecule has 25 heavy (non-hydrogen) atoms. The molecule has 2 atom stereocenters. The highest BCUT2D eigenvalue weighted by Gasteiger charge is 2.37. The lowest BCUT2D eigenvalue weighted by molar-refractivity contribution is 0.0500. The first kappa shape index (κ1) is 16.2. The van der Waals surface area contributed by atoms with E-state index in [0.29, 0.717) is 19.1 Å². The van der Waals surface area contributed by atoms with E-state index in [9.17, 15) is 4.79 Å². The van der Waals surface area contributed by atoms with Gasteiger partial charge in [0.05, 0.1) is 18.4 Å². The van der Waals surface area contributed by atoms with Gasteiger partial charge in [-0.2, -0.15) is 0 Å². The van der Waals surface area contributed by atoms with Crippen LogP contribution in [0.2, 0.25) is 0 Å². The van der Waals surface area contributed by atoms with E-state index in [1.807, 2.05) is 53.6 Å². The van der Waals surface area contributed by atoms with E-state index in [2.05, 4.69) is 16.0 Å². The number of likely N-dealkylation sites (tertiary alicyclic amines) is 1. The van der Waals surface area contributed by atoms with E-state index in [0.717, 1.165) is 37.4 Å². The molecule has 0 spiro atoms. The van der Waals surface area contributed by atoms with Crippen LogP contribution in [0.4, 0.5) is 0 Å². The maximum atomic E-state index is 12.8. The fourth-order valence-corrected chi connectivity index (χ4v) is 3.78. The number of fused-ring (bicyclic) bond motifs is 1. The van der Waals surface area contributed by atoms with Crippen molar-refractivity contribution in [2.75, 3.05) is 32.8 Å². The van der Waals surface area contributed by atoms with Crippen LogP contribution in [0.15, 0.2) is 54.7 Å². The predicted molar refractivity (Wildman–Crippen MR) is 95.1 cm³/mol. The summed E-state index contributed by atoms with van der Waals surface area (Å²) in [4.78, 5) is 21.5. The Morgan fingerprint density at radius 3 is 2.72 bits per heavy atom. The summed E-state index contributed by atoms with van der Waals surface area (Å²) in [5.74, 6) is 0.465. The van der Waals surface area contributed by atoms with Crippen LogP contribution in [0, 0.1) is 5.92 Å². The molecule has 1 aromatic heterocycles. The molecule has 4 rings (SSSR count). The van der Waals surface area contributed by atoms with Crippen LogP contribution in [0.1, 0.15) is 16.1 Å². The number of pyridine rings is 1. The van der Waals surface area contributed by atoms with Crippen molar-refractivity contribution in [1.82, 2.24) is 14.8 Å². The third-order valence-electron chi connectivity index (χ3n) is 5.02. The second-order valence-electron chi connectivity index (χ2n) is 6.80. The first-order chi connectivity index (χ1) is 12.3. The minimum Gasteiger partial charge on any atom is -0.375 e. The average molecular weight is 337 g/mol. The van der Waals surface area contributed by atoms with E-state index < -0.39 is 0 Å². The molecule has 0 N–H and O–H groups in total. The van der Waals surface area contributed by atoms with Crippen LogP contribution >= 0.6 is 0 Å². The maximum Gasteiger partial charge on any atom is 0.253 e. The van der Waals surface area contributed by atoms with Gasteiger partial charge in [-0.05, 0) is 24.3 Å². The summed E-state index contributed by atoms with van der Waals surface area (Å²) in [5, 5.41) is 0. The number of carbonyl (C=O) groups is 1. The van der Waals surface area contributed by atoms with Gasteiger partial charge in [-0.3, -0.25) is 14.7 Å². The summed E-state index contributed by atoms with van der Waals surface area (Å²) in [5.41, 5.74) is 1.83. The lowest BCUT2D eigenvalue weighted by Gasteiger charge is -2.23. The molecule has 0 unspecified atom stereocenters. The third-order valence-corrected chi connectivity index (χ3v) is 5.02. The summed E-state index contributed by atoms with van der Waals surface area (Å²) in [6.45, 7) is 4.73. The summed E-state index contributed by atoms with van der Waals surface area (Å²) < 4.78 is 6.06. The average Bonchev–Trinajstić information content (AvgIpc) is 2.92. The van der Waals surface area contributed by atoms with E-state index in [1.54, 1.807) is 0 Å². The minimum atomic E-state index is 0.105. The van der Waals surface area contributed by atoms with Gasteiger partial charge in [-0.15, -0.1) is 0 Å². The quantitative estimate of drug-likeness (QED) is 0.860. The zero-order valence-corrected chi connectivity index (χ0v) is 14.3. The Morgan fingerprint density at radius 2 is 1.92 bits per heavy atom. The second-order valence-corrected chi connectivity index (χ2v) is 6.80. The van der Waals surface area contributed by atoms with Crippen molar-refractivity contribution in [2.24, 2.45) is 5.92 Å². The Hall–Kier alpha value is -2.24. The van der Waals surface area contributed by atoms with Gasteiger partial charge < -0.3 is 9.64 Å². The highest BCUT2D eigenvalue weighted by atomic mass is 16.5. The molecule has 3 heterocycles. The second kappa shape index (κ2) is 7.33. The van der Waals surface area contributed by atoms with Crippen molar-refractivity contribution in [3.05, 3.63) is 66.0 Å². The summed E-state index contributed by atoms with van der Waals surface area (Å²) in [7, 11) is 0. The number of hydrogen-bond donors (Lipinski definition) is 0. The highest BCUT2D eigenvalue weighted by Crippen LogP contribution is 2.25. The zero-order chi connectivity index (χ0) is 17.1. The molecule has 1 aromatic carbocycles. The van der Waals surface area contributed by atoms with Gasteiger partial charge >= 0.3 is 0 Å². The molecular weight excluding hydrogens is 314 g/mol. The Bertz CT molecular complexity index is 707. The number of benzene rings is 1. The number of ether oxygens (including phenoxy) is 1. The molecule has 0 radical (unpaired) electrons. The summed E-state index contributed by atoms with van der Waals surface area (Å²) in [6, 6.07) is 15.5. The number of hydrogen-bond acceptors (Lipinski definition) is 4. The highest BCUT2D eigenvalue weighted by molar-refractivity contribution is 5.94. The van der Waals surface area contributed by atoms with Gasteiger partial charge in [0.25, 0.3) is 5.91 Å². The normalized spacial score (nSPS) is 23.9. The van der Waals surface area contributed by atoms with Crippen molar-refractivity contribution >= 4 is 5.91 Å². The predicted octanol–water partition coefficient (Wildman–Crippen LogP) is 2.05. The molecule has 2 aromatic rings. The van der Waals surface area contributed by atoms with Crippen molar-refractivity contribution in [2.45, 2.75) is 12.6 Å². The maximum absolute atomic E-state index is 12.8. The van der Waals surface area contributed by atoms with Crippen LogP contribution < -0.4 is 0 Å². The summed E-state index contributed by atoms with van der Waals surface area (Å²) >= 11 is 0.